The van der Waals surface area contributed by atoms with E-state index in [1.807, 2.05) is 19.1 Å². The Morgan fingerprint density at radius 2 is 1.38 bits per heavy atom. The van der Waals surface area contributed by atoms with Gasteiger partial charge in [0, 0.05) is 0 Å². The van der Waals surface area contributed by atoms with Gasteiger partial charge in [-0.2, -0.15) is 0 Å². The maximum atomic E-state index is 14.3. The van der Waals surface area contributed by atoms with Crippen LogP contribution in [0.25, 0.3) is 5.57 Å². The third kappa shape index (κ3) is 5.34. The van der Waals surface area contributed by atoms with Crippen molar-refractivity contribution in [3.63, 3.8) is 0 Å². The molecule has 1 atom stereocenters. The first kappa shape index (κ1) is 23.8. The van der Waals surface area contributed by atoms with Crippen LogP contribution in [0.15, 0.2) is 48.5 Å². The average Bonchev–Trinajstić information content (AvgIpc) is 2.89. The van der Waals surface area contributed by atoms with Gasteiger partial charge in [-0.1, -0.05) is 69.2 Å². The van der Waals surface area contributed by atoms with Crippen molar-refractivity contribution >= 4 is 5.57 Å². The van der Waals surface area contributed by atoms with E-state index in [4.69, 9.17) is 0 Å². The number of hydrogen-bond donors (Lipinski definition) is 0. The Kier molecular flexibility index (Phi) is 7.57. The van der Waals surface area contributed by atoms with E-state index in [2.05, 4.69) is 43.3 Å². The maximum absolute atomic E-state index is 14.3. The predicted molar refractivity (Wildman–Crippen MR) is 143 cm³/mol. The topological polar surface area (TPSA) is 0 Å². The molecule has 0 spiro atoms. The van der Waals surface area contributed by atoms with Gasteiger partial charge >= 0.3 is 0 Å². The zero-order chi connectivity index (χ0) is 23.5. The molecule has 0 aliphatic heterocycles. The molecule has 0 heterocycles. The molecule has 2 fully saturated rings. The lowest BCUT2D eigenvalue weighted by molar-refractivity contribution is 0.220. The Bertz CT molecular complexity index is 968. The standard InChI is InChI=1S/C33H43F/c1-3-24-8-21-32(22-33(24)34)31-19-17-30(18-20-31)29-15-13-28(14-16-29)27-11-9-26(10-12-27)25-6-4-23(2)5-7-25/h8-13,21-23,25,29-31H,3-7,14-20H2,1-2H3. The van der Waals surface area contributed by atoms with E-state index in [1.54, 1.807) is 11.1 Å². The maximum Gasteiger partial charge on any atom is 0.126 e. The zero-order valence-electron chi connectivity index (χ0n) is 21.4. The molecule has 0 nitrogen and oxygen atoms in total. The van der Waals surface area contributed by atoms with Crippen molar-refractivity contribution in [1.82, 2.24) is 0 Å². The molecule has 5 rings (SSSR count). The summed E-state index contributed by atoms with van der Waals surface area (Å²) in [6, 6.07) is 15.6. The summed E-state index contributed by atoms with van der Waals surface area (Å²) >= 11 is 0. The van der Waals surface area contributed by atoms with E-state index in [9.17, 15) is 4.39 Å². The Labute approximate surface area is 207 Å². The first-order valence-electron chi connectivity index (χ1n) is 14.2. The summed E-state index contributed by atoms with van der Waals surface area (Å²) in [5.41, 5.74) is 6.66. The Morgan fingerprint density at radius 3 is 2.00 bits per heavy atom. The van der Waals surface area contributed by atoms with Gasteiger partial charge in [-0.05, 0) is 128 Å². The van der Waals surface area contributed by atoms with E-state index < -0.39 is 0 Å². The minimum atomic E-state index is -0.00607. The second-order valence-corrected chi connectivity index (χ2v) is 11.7. The van der Waals surface area contributed by atoms with Crippen molar-refractivity contribution in [3.05, 3.63) is 76.6 Å². The van der Waals surface area contributed by atoms with Crippen LogP contribution in [-0.4, -0.2) is 0 Å². The van der Waals surface area contributed by atoms with Crippen LogP contribution in [0.1, 0.15) is 119 Å². The van der Waals surface area contributed by atoms with Gasteiger partial charge in [-0.15, -0.1) is 0 Å². The molecule has 3 aliphatic carbocycles. The quantitative estimate of drug-likeness (QED) is 0.418. The normalized spacial score (nSPS) is 30.1. The molecule has 1 unspecified atom stereocenters. The van der Waals surface area contributed by atoms with Gasteiger partial charge < -0.3 is 0 Å². The Hall–Kier alpha value is -1.89. The second kappa shape index (κ2) is 10.8. The van der Waals surface area contributed by atoms with Crippen LogP contribution in [0.2, 0.25) is 0 Å². The van der Waals surface area contributed by atoms with E-state index in [1.165, 1.54) is 81.8 Å². The number of aryl methyl sites for hydroxylation is 1. The Morgan fingerprint density at radius 1 is 0.735 bits per heavy atom. The molecule has 0 amide bonds. The number of halogens is 1. The first-order chi connectivity index (χ1) is 16.6. The molecule has 0 radical (unpaired) electrons. The molecule has 0 aromatic heterocycles. The van der Waals surface area contributed by atoms with Crippen LogP contribution < -0.4 is 0 Å². The lowest BCUT2D eigenvalue weighted by Gasteiger charge is -2.36. The smallest absolute Gasteiger partial charge is 0.126 e. The highest BCUT2D eigenvalue weighted by Gasteiger charge is 2.29. The van der Waals surface area contributed by atoms with Crippen molar-refractivity contribution in [1.29, 1.82) is 0 Å². The van der Waals surface area contributed by atoms with Crippen LogP contribution in [0, 0.1) is 23.6 Å². The fourth-order valence-electron chi connectivity index (χ4n) is 7.14. The van der Waals surface area contributed by atoms with Crippen LogP contribution >= 0.6 is 0 Å². The van der Waals surface area contributed by atoms with Gasteiger partial charge in [-0.3, -0.25) is 0 Å². The largest absolute Gasteiger partial charge is 0.207 e. The minimum Gasteiger partial charge on any atom is -0.207 e. The van der Waals surface area contributed by atoms with Gasteiger partial charge in [0.05, 0.1) is 0 Å². The summed E-state index contributed by atoms with van der Waals surface area (Å²) in [7, 11) is 0. The van der Waals surface area contributed by atoms with Gasteiger partial charge in [-0.25, -0.2) is 4.39 Å². The Balaban J connectivity index is 1.13. The summed E-state index contributed by atoms with van der Waals surface area (Å²) in [5, 5.41) is 0. The van der Waals surface area contributed by atoms with Gasteiger partial charge in [0.25, 0.3) is 0 Å². The highest BCUT2D eigenvalue weighted by Crippen LogP contribution is 2.44. The molecule has 1 heteroatoms. The minimum absolute atomic E-state index is 0.00607. The number of allylic oxidation sites excluding steroid dienone is 2. The van der Waals surface area contributed by atoms with Crippen molar-refractivity contribution in [2.75, 3.05) is 0 Å². The molecule has 34 heavy (non-hydrogen) atoms. The van der Waals surface area contributed by atoms with Crippen LogP contribution in [0.5, 0.6) is 0 Å². The van der Waals surface area contributed by atoms with Crippen molar-refractivity contribution in [2.24, 2.45) is 17.8 Å². The van der Waals surface area contributed by atoms with Gasteiger partial charge in [0.15, 0.2) is 0 Å². The summed E-state index contributed by atoms with van der Waals surface area (Å²) in [5.74, 6) is 3.94. The van der Waals surface area contributed by atoms with Crippen LogP contribution in [-0.2, 0) is 6.42 Å². The highest BCUT2D eigenvalue weighted by molar-refractivity contribution is 5.66. The summed E-state index contributed by atoms with van der Waals surface area (Å²) in [4.78, 5) is 0. The molecule has 0 N–H and O–H groups in total. The first-order valence-corrected chi connectivity index (χ1v) is 14.2. The third-order valence-electron chi connectivity index (χ3n) is 9.59. The van der Waals surface area contributed by atoms with Crippen molar-refractivity contribution in [2.45, 2.75) is 103 Å². The SMILES string of the molecule is CCc1ccc(C2CCC(C3CC=C(c4ccc(C5CCC(C)CC5)cc4)CC3)CC2)cc1F. The molecule has 2 aromatic rings. The summed E-state index contributed by atoms with van der Waals surface area (Å²) in [6.07, 6.45) is 17.7. The zero-order valence-corrected chi connectivity index (χ0v) is 21.4. The fourth-order valence-corrected chi connectivity index (χ4v) is 7.14. The molecule has 3 aliphatic rings. The van der Waals surface area contributed by atoms with Gasteiger partial charge in [0.1, 0.15) is 5.82 Å². The predicted octanol–water partition coefficient (Wildman–Crippen LogP) is 9.84. The summed E-state index contributed by atoms with van der Waals surface area (Å²) < 4.78 is 14.3. The second-order valence-electron chi connectivity index (χ2n) is 11.7. The monoisotopic (exact) mass is 458 g/mol. The van der Waals surface area contributed by atoms with Crippen molar-refractivity contribution in [3.8, 4) is 0 Å². The third-order valence-corrected chi connectivity index (χ3v) is 9.59. The lowest BCUT2D eigenvalue weighted by Crippen LogP contribution is -2.22. The van der Waals surface area contributed by atoms with E-state index in [0.717, 1.165) is 35.7 Å². The molecule has 2 aromatic carbocycles. The number of hydrogen-bond acceptors (Lipinski definition) is 0. The van der Waals surface area contributed by atoms with E-state index in [-0.39, 0.29) is 5.82 Å². The lowest BCUT2D eigenvalue weighted by atomic mass is 9.70. The van der Waals surface area contributed by atoms with E-state index >= 15 is 0 Å². The molecule has 2 saturated carbocycles. The fraction of sp³-hybridized carbons (Fsp3) is 0.576. The van der Waals surface area contributed by atoms with Gasteiger partial charge in [0.2, 0.25) is 0 Å². The molecule has 0 bridgehead atoms. The molecule has 182 valence electrons. The van der Waals surface area contributed by atoms with Crippen LogP contribution in [0.4, 0.5) is 4.39 Å². The highest BCUT2D eigenvalue weighted by atomic mass is 19.1. The van der Waals surface area contributed by atoms with Crippen LogP contribution in [0.3, 0.4) is 0 Å². The molecular formula is C33H43F. The van der Waals surface area contributed by atoms with E-state index in [0.29, 0.717) is 5.92 Å². The summed E-state index contributed by atoms with van der Waals surface area (Å²) in [6.45, 7) is 4.43. The number of benzene rings is 2. The average molecular weight is 459 g/mol. The molecule has 0 saturated heterocycles. The molecular weight excluding hydrogens is 415 g/mol. The number of rotatable bonds is 5. The van der Waals surface area contributed by atoms with Crippen molar-refractivity contribution < 1.29 is 4.39 Å².